The second kappa shape index (κ2) is 5.60. The number of amides is 2. The van der Waals surface area contributed by atoms with Crippen LogP contribution < -0.4 is 10.2 Å². The molecule has 2 aromatic rings. The lowest BCUT2D eigenvalue weighted by Crippen LogP contribution is -2.22. The number of carbonyl (C=O) groups excluding carboxylic acids is 2. The molecule has 0 fully saturated rings. The summed E-state index contributed by atoms with van der Waals surface area (Å²) >= 11 is 0. The molecule has 0 bridgehead atoms. The third-order valence-corrected chi connectivity index (χ3v) is 3.78. The second-order valence-corrected chi connectivity index (χ2v) is 5.28. The molecule has 1 aliphatic rings. The van der Waals surface area contributed by atoms with Gasteiger partial charge in [-0.2, -0.15) is 0 Å². The van der Waals surface area contributed by atoms with E-state index in [2.05, 4.69) is 5.32 Å². The van der Waals surface area contributed by atoms with Gasteiger partial charge >= 0.3 is 0 Å². The van der Waals surface area contributed by atoms with Gasteiger partial charge in [-0.1, -0.05) is 12.1 Å². The number of benzene rings is 2. The molecule has 22 heavy (non-hydrogen) atoms. The maximum Gasteiger partial charge on any atom is 0.251 e. The molecule has 0 aliphatic carbocycles. The molecule has 0 spiro atoms. The highest BCUT2D eigenvalue weighted by Gasteiger charge is 2.23. The zero-order valence-corrected chi connectivity index (χ0v) is 12.1. The zero-order valence-electron chi connectivity index (χ0n) is 12.1. The van der Waals surface area contributed by atoms with Gasteiger partial charge in [0.1, 0.15) is 5.82 Å². The van der Waals surface area contributed by atoms with Gasteiger partial charge in [0.05, 0.1) is 6.42 Å². The number of hydrogen-bond donors (Lipinski definition) is 1. The van der Waals surface area contributed by atoms with Crippen LogP contribution in [0.15, 0.2) is 42.5 Å². The van der Waals surface area contributed by atoms with Crippen LogP contribution in [0.25, 0.3) is 0 Å². The van der Waals surface area contributed by atoms with Crippen molar-refractivity contribution >= 4 is 17.5 Å². The van der Waals surface area contributed by atoms with Crippen LogP contribution in [0.5, 0.6) is 0 Å². The summed E-state index contributed by atoms with van der Waals surface area (Å²) in [4.78, 5) is 25.3. The van der Waals surface area contributed by atoms with E-state index in [1.54, 1.807) is 11.9 Å². The largest absolute Gasteiger partial charge is 0.348 e. The molecule has 3 rings (SSSR count). The van der Waals surface area contributed by atoms with E-state index in [0.29, 0.717) is 18.5 Å². The van der Waals surface area contributed by atoms with Crippen LogP contribution in [0.1, 0.15) is 21.5 Å². The van der Waals surface area contributed by atoms with Crippen molar-refractivity contribution < 1.29 is 14.0 Å². The van der Waals surface area contributed by atoms with Gasteiger partial charge in [-0.3, -0.25) is 9.59 Å². The van der Waals surface area contributed by atoms with Crippen LogP contribution >= 0.6 is 0 Å². The number of nitrogens with zero attached hydrogens (tertiary/aromatic N) is 1. The molecule has 1 N–H and O–H groups in total. The lowest BCUT2D eigenvalue weighted by molar-refractivity contribution is -0.117. The smallest absolute Gasteiger partial charge is 0.251 e. The van der Waals surface area contributed by atoms with Crippen LogP contribution in [0, 0.1) is 5.82 Å². The maximum absolute atomic E-state index is 12.8. The number of carbonyl (C=O) groups is 2. The lowest BCUT2D eigenvalue weighted by Gasteiger charge is -2.11. The molecular weight excluding hydrogens is 283 g/mol. The number of halogens is 1. The van der Waals surface area contributed by atoms with Crippen molar-refractivity contribution in [3.63, 3.8) is 0 Å². The first-order chi connectivity index (χ1) is 10.5. The van der Waals surface area contributed by atoms with Gasteiger partial charge in [0.25, 0.3) is 5.91 Å². The van der Waals surface area contributed by atoms with E-state index in [1.165, 1.54) is 24.3 Å². The van der Waals surface area contributed by atoms with Crippen molar-refractivity contribution in [3.05, 3.63) is 65.0 Å². The highest BCUT2D eigenvalue weighted by Crippen LogP contribution is 2.28. The Labute approximate surface area is 127 Å². The highest BCUT2D eigenvalue weighted by atomic mass is 19.1. The van der Waals surface area contributed by atoms with E-state index < -0.39 is 0 Å². The summed E-state index contributed by atoms with van der Waals surface area (Å²) in [5.74, 6) is -0.555. The molecule has 0 aromatic heterocycles. The first kappa shape index (κ1) is 14.3. The first-order valence-corrected chi connectivity index (χ1v) is 6.97. The second-order valence-electron chi connectivity index (χ2n) is 5.28. The molecule has 0 unspecified atom stereocenters. The van der Waals surface area contributed by atoms with E-state index in [-0.39, 0.29) is 17.6 Å². The van der Waals surface area contributed by atoms with Gasteiger partial charge in [0.2, 0.25) is 5.91 Å². The maximum atomic E-state index is 12.8. The predicted molar refractivity (Wildman–Crippen MR) is 81.1 cm³/mol. The van der Waals surface area contributed by atoms with Gasteiger partial charge in [-0.25, -0.2) is 4.39 Å². The predicted octanol–water partition coefficient (Wildman–Crippen LogP) is 2.27. The number of anilines is 1. The van der Waals surface area contributed by atoms with Gasteiger partial charge < -0.3 is 10.2 Å². The fourth-order valence-corrected chi connectivity index (χ4v) is 2.52. The Hall–Kier alpha value is -2.69. The van der Waals surface area contributed by atoms with Crippen molar-refractivity contribution in [2.45, 2.75) is 13.0 Å². The zero-order chi connectivity index (χ0) is 15.7. The first-order valence-electron chi connectivity index (χ1n) is 6.97. The molecule has 5 heteroatoms. The fourth-order valence-electron chi connectivity index (χ4n) is 2.52. The Morgan fingerprint density at radius 2 is 1.95 bits per heavy atom. The summed E-state index contributed by atoms with van der Waals surface area (Å²) in [6.45, 7) is 0.362. The lowest BCUT2D eigenvalue weighted by atomic mass is 10.1. The summed E-state index contributed by atoms with van der Waals surface area (Å²) in [7, 11) is 1.75. The Balaban J connectivity index is 1.67. The molecule has 0 saturated carbocycles. The molecule has 112 valence electrons. The molecule has 0 radical (unpaired) electrons. The van der Waals surface area contributed by atoms with Crippen LogP contribution in [0.3, 0.4) is 0 Å². The van der Waals surface area contributed by atoms with E-state index >= 15 is 0 Å². The molecule has 1 aliphatic heterocycles. The minimum absolute atomic E-state index is 0.0718. The van der Waals surface area contributed by atoms with Crippen LogP contribution in [-0.4, -0.2) is 18.9 Å². The Bertz CT molecular complexity index is 741. The fraction of sp³-hybridized carbons (Fsp3) is 0.176. The number of likely N-dealkylation sites (N-methyl/N-ethyl adjacent to an activating group) is 1. The average molecular weight is 298 g/mol. The van der Waals surface area contributed by atoms with Crippen LogP contribution in [0.2, 0.25) is 0 Å². The van der Waals surface area contributed by atoms with Crippen molar-refractivity contribution in [2.75, 3.05) is 11.9 Å². The minimum atomic E-state index is -0.371. The molecule has 2 amide bonds. The van der Waals surface area contributed by atoms with Gasteiger partial charge in [-0.05, 0) is 41.5 Å². The van der Waals surface area contributed by atoms with Crippen LogP contribution in [-0.2, 0) is 17.8 Å². The summed E-state index contributed by atoms with van der Waals surface area (Å²) < 4.78 is 12.8. The van der Waals surface area contributed by atoms with Crippen LogP contribution in [0.4, 0.5) is 10.1 Å². The van der Waals surface area contributed by atoms with E-state index in [9.17, 15) is 14.0 Å². The summed E-state index contributed by atoms with van der Waals surface area (Å²) in [6.07, 6.45) is 0.394. The third-order valence-electron chi connectivity index (χ3n) is 3.78. The quantitative estimate of drug-likeness (QED) is 0.945. The molecule has 4 nitrogen and oxygen atoms in total. The Morgan fingerprint density at radius 1 is 1.23 bits per heavy atom. The van der Waals surface area contributed by atoms with Gasteiger partial charge in [-0.15, -0.1) is 0 Å². The summed E-state index contributed by atoms with van der Waals surface area (Å²) in [6, 6.07) is 11.1. The average Bonchev–Trinajstić information content (AvgIpc) is 2.80. The monoisotopic (exact) mass is 298 g/mol. The van der Waals surface area contributed by atoms with Crippen molar-refractivity contribution in [1.29, 1.82) is 0 Å². The minimum Gasteiger partial charge on any atom is -0.348 e. The number of nitrogens with one attached hydrogen (secondary N) is 1. The molecular formula is C17H15FN2O2. The van der Waals surface area contributed by atoms with E-state index in [1.807, 2.05) is 18.2 Å². The van der Waals surface area contributed by atoms with Gasteiger partial charge in [0.15, 0.2) is 0 Å². The number of fused-ring (bicyclic) bond motifs is 1. The van der Waals surface area contributed by atoms with E-state index in [0.717, 1.165) is 16.8 Å². The summed E-state index contributed by atoms with van der Waals surface area (Å²) in [5.41, 5.74) is 3.23. The highest BCUT2D eigenvalue weighted by molar-refractivity contribution is 6.01. The standard InChI is InChI=1S/C17H15FN2O2/c1-20-15-7-2-11(8-13(15)9-16(20)21)10-19-17(22)12-3-5-14(18)6-4-12/h2-8H,9-10H2,1H3,(H,19,22). The van der Waals surface area contributed by atoms with Gasteiger partial charge in [0, 0.05) is 24.8 Å². The molecule has 0 atom stereocenters. The van der Waals surface area contributed by atoms with Crippen molar-refractivity contribution in [2.24, 2.45) is 0 Å². The number of hydrogen-bond acceptors (Lipinski definition) is 2. The normalized spacial score (nSPS) is 13.2. The van der Waals surface area contributed by atoms with E-state index in [4.69, 9.17) is 0 Å². The Kier molecular flexibility index (Phi) is 3.63. The SMILES string of the molecule is CN1C(=O)Cc2cc(CNC(=O)c3ccc(F)cc3)ccc21. The van der Waals surface area contributed by atoms with Crippen molar-refractivity contribution in [3.8, 4) is 0 Å². The topological polar surface area (TPSA) is 49.4 Å². The van der Waals surface area contributed by atoms with Crippen molar-refractivity contribution in [1.82, 2.24) is 5.32 Å². The molecule has 1 heterocycles. The third kappa shape index (κ3) is 2.70. The number of rotatable bonds is 3. The Morgan fingerprint density at radius 3 is 2.68 bits per heavy atom. The summed E-state index contributed by atoms with van der Waals surface area (Å²) in [5, 5.41) is 2.79. The molecule has 0 saturated heterocycles. The molecule has 2 aromatic carbocycles.